The van der Waals surface area contributed by atoms with E-state index < -0.39 is 61.3 Å². The Morgan fingerprint density at radius 2 is 1.51 bits per heavy atom. The van der Waals surface area contributed by atoms with Gasteiger partial charge in [0.05, 0.1) is 10.5 Å². The van der Waals surface area contributed by atoms with Crippen LogP contribution < -0.4 is 14.9 Å². The van der Waals surface area contributed by atoms with E-state index in [1.54, 1.807) is 0 Å². The monoisotopic (exact) mass is 513 g/mol. The lowest BCUT2D eigenvalue weighted by Crippen LogP contribution is -2.66. The van der Waals surface area contributed by atoms with Gasteiger partial charge in [0.1, 0.15) is 5.82 Å². The third-order valence-corrected chi connectivity index (χ3v) is 6.70. The molecule has 0 unspecified atom stereocenters. The average Bonchev–Trinajstić information content (AvgIpc) is 2.95. The summed E-state index contributed by atoms with van der Waals surface area (Å²) in [7, 11) is -5.04. The minimum Gasteiger partial charge on any atom is -0.326 e. The van der Waals surface area contributed by atoms with E-state index in [2.05, 4.69) is 5.32 Å². The fourth-order valence-corrected chi connectivity index (χ4v) is 5.15. The van der Waals surface area contributed by atoms with E-state index >= 15 is 0 Å². The van der Waals surface area contributed by atoms with Crippen LogP contribution in [0.15, 0.2) is 64.7 Å². The molecule has 0 radical (unpaired) electrons. The lowest BCUT2D eigenvalue weighted by atomic mass is 9.88. The summed E-state index contributed by atoms with van der Waals surface area (Å²) in [5.41, 5.74) is -5.53. The van der Waals surface area contributed by atoms with Gasteiger partial charge in [0.2, 0.25) is 21.5 Å². The second kappa shape index (κ2) is 8.89. The smallest absolute Gasteiger partial charge is 0.326 e. The van der Waals surface area contributed by atoms with Crippen molar-refractivity contribution >= 4 is 39.0 Å². The number of hydrogen-bond donors (Lipinski definition) is 2. The molecule has 0 aliphatic carbocycles. The van der Waals surface area contributed by atoms with Crippen LogP contribution in [0.4, 0.5) is 28.9 Å². The molecule has 3 rings (SSSR count). The fourth-order valence-electron chi connectivity index (χ4n) is 3.83. The van der Waals surface area contributed by atoms with Crippen LogP contribution in [0, 0.1) is 5.82 Å². The molecule has 2 aromatic rings. The van der Waals surface area contributed by atoms with Gasteiger partial charge >= 0.3 is 6.18 Å². The van der Waals surface area contributed by atoms with Gasteiger partial charge in [0, 0.05) is 24.0 Å². The van der Waals surface area contributed by atoms with E-state index in [0.717, 1.165) is 62.4 Å². The molecule has 1 aliphatic heterocycles. The van der Waals surface area contributed by atoms with E-state index in [4.69, 9.17) is 0 Å². The average molecular weight is 513 g/mol. The quantitative estimate of drug-likeness (QED) is 0.576. The van der Waals surface area contributed by atoms with Gasteiger partial charge in [0.15, 0.2) is 5.78 Å². The number of sulfonamides is 1. The van der Waals surface area contributed by atoms with Crippen molar-refractivity contribution in [2.45, 2.75) is 37.4 Å². The van der Waals surface area contributed by atoms with Crippen LogP contribution in [0.2, 0.25) is 0 Å². The van der Waals surface area contributed by atoms with Crippen LogP contribution >= 0.6 is 0 Å². The van der Waals surface area contributed by atoms with Crippen LogP contribution in [-0.4, -0.2) is 37.7 Å². The Labute approximate surface area is 197 Å². The van der Waals surface area contributed by atoms with Gasteiger partial charge in [-0.3, -0.25) is 19.3 Å². The first-order valence-corrected chi connectivity index (χ1v) is 11.4. The number of rotatable bonds is 6. The molecule has 0 saturated carbocycles. The lowest BCUT2D eigenvalue weighted by molar-refractivity contribution is -0.183. The third-order valence-electron chi connectivity index (χ3n) is 5.23. The fraction of sp³-hybridized carbons (Fsp3) is 0.227. The molecule has 1 aliphatic rings. The number of anilines is 2. The highest BCUT2D eigenvalue weighted by Crippen LogP contribution is 2.47. The Balaban J connectivity index is 2.17. The Bertz CT molecular complexity index is 1340. The van der Waals surface area contributed by atoms with Crippen molar-refractivity contribution in [3.63, 3.8) is 0 Å². The normalized spacial score (nSPS) is 18.7. The Hall–Kier alpha value is -3.58. The predicted molar refractivity (Wildman–Crippen MR) is 117 cm³/mol. The summed E-state index contributed by atoms with van der Waals surface area (Å²) in [5.74, 6) is -4.17. The predicted octanol–water partition coefficient (Wildman–Crippen LogP) is 3.27. The minimum atomic E-state index is -5.58. The molecular weight excluding hydrogens is 494 g/mol. The highest BCUT2D eigenvalue weighted by Gasteiger charge is 2.70. The number of hydrogen-bond acceptors (Lipinski definition) is 5. The number of benzene rings is 2. The number of halogens is 4. The van der Waals surface area contributed by atoms with Gasteiger partial charge in [-0.1, -0.05) is 0 Å². The molecule has 0 bridgehead atoms. The molecule has 1 heterocycles. The third kappa shape index (κ3) is 4.56. The summed E-state index contributed by atoms with van der Waals surface area (Å²) < 4.78 is 84.6. The SMILES string of the molecule is CC(=O)Nc1ccc(S(=O)(=O)N[C@@]2(C(F)(F)F)C(=O)N(c3ccc(F)cc3)C(C)=C2C(C)=O)cc1. The summed E-state index contributed by atoms with van der Waals surface area (Å²) in [6.45, 7) is 3.04. The zero-order chi connectivity index (χ0) is 26.3. The number of carbonyl (C=O) groups is 3. The molecule has 0 fully saturated rings. The number of nitrogens with zero attached hydrogens (tertiary/aromatic N) is 1. The molecule has 186 valence electrons. The number of nitrogens with one attached hydrogen (secondary N) is 2. The van der Waals surface area contributed by atoms with Crippen molar-refractivity contribution in [3.05, 3.63) is 65.6 Å². The number of carbonyl (C=O) groups excluding carboxylic acids is 3. The van der Waals surface area contributed by atoms with E-state index in [9.17, 15) is 40.4 Å². The van der Waals surface area contributed by atoms with E-state index in [-0.39, 0.29) is 11.4 Å². The molecule has 2 N–H and O–H groups in total. The Morgan fingerprint density at radius 1 is 0.971 bits per heavy atom. The molecular formula is C22H19F4N3O5S. The van der Waals surface area contributed by atoms with Gasteiger partial charge in [-0.15, -0.1) is 0 Å². The van der Waals surface area contributed by atoms with Gasteiger partial charge < -0.3 is 5.32 Å². The molecule has 0 aromatic heterocycles. The van der Waals surface area contributed by atoms with Crippen LogP contribution in [0.3, 0.4) is 0 Å². The molecule has 8 nitrogen and oxygen atoms in total. The number of allylic oxidation sites excluding steroid dienone is 1. The van der Waals surface area contributed by atoms with E-state index in [1.165, 1.54) is 11.6 Å². The standard InChI is InChI=1S/C22H19F4N3O5S/c1-12-19(13(2)30)21(22(24,25)26,20(32)29(12)17-8-4-15(23)5-9-17)28-35(33,34)18-10-6-16(7-11-18)27-14(3)31/h4-11,28H,1-3H3,(H,27,31)/t21-/m1/s1. The van der Waals surface area contributed by atoms with E-state index in [1.807, 2.05) is 0 Å². The highest BCUT2D eigenvalue weighted by atomic mass is 32.2. The first kappa shape index (κ1) is 26.0. The molecule has 35 heavy (non-hydrogen) atoms. The molecule has 2 amide bonds. The molecule has 1 atom stereocenters. The molecule has 0 saturated heterocycles. The van der Waals surface area contributed by atoms with Crippen LogP contribution in [0.5, 0.6) is 0 Å². The zero-order valence-electron chi connectivity index (χ0n) is 18.5. The van der Waals surface area contributed by atoms with Crippen molar-refractivity contribution < 1.29 is 40.4 Å². The Kier molecular flexibility index (Phi) is 6.61. The number of Topliss-reactive ketones (excluding diaryl/α,β-unsaturated/α-hetero) is 1. The maximum absolute atomic E-state index is 14.6. The second-order valence-electron chi connectivity index (χ2n) is 7.69. The van der Waals surface area contributed by atoms with Crippen molar-refractivity contribution in [3.8, 4) is 0 Å². The van der Waals surface area contributed by atoms with Crippen LogP contribution in [0.1, 0.15) is 20.8 Å². The molecule has 13 heteroatoms. The maximum atomic E-state index is 14.6. The molecule has 0 spiro atoms. The summed E-state index contributed by atoms with van der Waals surface area (Å²) >= 11 is 0. The van der Waals surface area contributed by atoms with E-state index in [0.29, 0.717) is 4.90 Å². The highest BCUT2D eigenvalue weighted by molar-refractivity contribution is 7.89. The van der Waals surface area contributed by atoms with Gasteiger partial charge in [0.25, 0.3) is 5.91 Å². The largest absolute Gasteiger partial charge is 0.421 e. The number of alkyl halides is 3. The topological polar surface area (TPSA) is 113 Å². The maximum Gasteiger partial charge on any atom is 0.421 e. The second-order valence-corrected chi connectivity index (χ2v) is 9.37. The summed E-state index contributed by atoms with van der Waals surface area (Å²) in [6.07, 6.45) is -5.58. The first-order valence-electron chi connectivity index (χ1n) is 9.92. The van der Waals surface area contributed by atoms with Gasteiger partial charge in [-0.05, 0) is 62.4 Å². The van der Waals surface area contributed by atoms with Crippen LogP contribution in [0.25, 0.3) is 0 Å². The summed E-state index contributed by atoms with van der Waals surface area (Å²) in [4.78, 5) is 36.7. The Morgan fingerprint density at radius 3 is 1.97 bits per heavy atom. The number of ketones is 1. The van der Waals surface area contributed by atoms with Crippen LogP contribution in [-0.2, 0) is 24.4 Å². The lowest BCUT2D eigenvalue weighted by Gasteiger charge is -2.33. The van der Waals surface area contributed by atoms with Gasteiger partial charge in [-0.2, -0.15) is 17.9 Å². The summed E-state index contributed by atoms with van der Waals surface area (Å²) in [5, 5.41) is 2.38. The zero-order valence-corrected chi connectivity index (χ0v) is 19.3. The van der Waals surface area contributed by atoms with Crippen molar-refractivity contribution in [1.29, 1.82) is 0 Å². The van der Waals surface area contributed by atoms with Crippen molar-refractivity contribution in [2.24, 2.45) is 0 Å². The van der Waals surface area contributed by atoms with Gasteiger partial charge in [-0.25, -0.2) is 12.8 Å². The van der Waals surface area contributed by atoms with Crippen molar-refractivity contribution in [1.82, 2.24) is 4.72 Å². The number of amides is 2. The first-order chi connectivity index (χ1) is 16.1. The molecule has 2 aromatic carbocycles. The summed E-state index contributed by atoms with van der Waals surface area (Å²) in [6, 6.07) is 7.99. The minimum absolute atomic E-state index is 0.182. The van der Waals surface area contributed by atoms with Crippen molar-refractivity contribution in [2.75, 3.05) is 10.2 Å².